The molecule has 5 nitrogen and oxygen atoms in total. The summed E-state index contributed by atoms with van der Waals surface area (Å²) in [5.74, 6) is 0.778. The highest BCUT2D eigenvalue weighted by atomic mass is 32.1. The molecule has 0 radical (unpaired) electrons. The zero-order valence-corrected chi connectivity index (χ0v) is 25.9. The van der Waals surface area contributed by atoms with Crippen molar-refractivity contribution in [2.24, 2.45) is 0 Å². The van der Waals surface area contributed by atoms with E-state index in [1.165, 1.54) is 11.3 Å². The quantitative estimate of drug-likeness (QED) is 0.173. The average molecular weight is 611 g/mol. The number of nitrogens with zero attached hydrogens (tertiary/aromatic N) is 2. The molecular formula is C39H34N2O3S. The van der Waals surface area contributed by atoms with Crippen molar-refractivity contribution in [2.45, 2.75) is 24.4 Å². The molecule has 1 aliphatic heterocycles. The Bertz CT molecular complexity index is 1850. The molecule has 224 valence electrons. The first kappa shape index (κ1) is 28.7. The minimum absolute atomic E-state index is 0.0225. The molecule has 45 heavy (non-hydrogen) atoms. The largest absolute Gasteiger partial charge is 0.494 e. The van der Waals surface area contributed by atoms with E-state index < -0.39 is 5.54 Å². The van der Waals surface area contributed by atoms with Crippen LogP contribution in [-0.4, -0.2) is 29.4 Å². The summed E-state index contributed by atoms with van der Waals surface area (Å²) in [5, 5.41) is 11.9. The first-order chi connectivity index (χ1) is 22.1. The third-order valence-corrected chi connectivity index (χ3v) is 9.80. The predicted molar refractivity (Wildman–Crippen MR) is 182 cm³/mol. The molecule has 0 saturated carbocycles. The van der Waals surface area contributed by atoms with E-state index in [0.29, 0.717) is 17.9 Å². The molecule has 2 heterocycles. The van der Waals surface area contributed by atoms with E-state index in [9.17, 15) is 9.90 Å². The van der Waals surface area contributed by atoms with Crippen LogP contribution in [0.25, 0.3) is 0 Å². The summed E-state index contributed by atoms with van der Waals surface area (Å²) in [6.07, 6.45) is 1.39. The van der Waals surface area contributed by atoms with Crippen molar-refractivity contribution in [2.75, 3.05) is 18.6 Å². The zero-order chi connectivity index (χ0) is 30.8. The van der Waals surface area contributed by atoms with Crippen molar-refractivity contribution in [3.8, 4) is 11.6 Å². The molecule has 0 amide bonds. The Morgan fingerprint density at radius 1 is 0.756 bits per heavy atom. The van der Waals surface area contributed by atoms with Crippen LogP contribution < -0.4 is 14.5 Å². The molecule has 6 aromatic rings. The van der Waals surface area contributed by atoms with Gasteiger partial charge in [0.2, 0.25) is 5.88 Å². The molecule has 6 heteroatoms. The van der Waals surface area contributed by atoms with E-state index in [1.807, 2.05) is 115 Å². The number of thiazole rings is 1. The van der Waals surface area contributed by atoms with Gasteiger partial charge in [-0.15, -0.1) is 0 Å². The van der Waals surface area contributed by atoms with Crippen molar-refractivity contribution in [1.82, 2.24) is 4.57 Å². The number of aromatic nitrogens is 1. The number of anilines is 1. The van der Waals surface area contributed by atoms with Gasteiger partial charge in [-0.2, -0.15) is 0 Å². The van der Waals surface area contributed by atoms with Gasteiger partial charge in [0.1, 0.15) is 17.9 Å². The Labute approximate surface area is 267 Å². The van der Waals surface area contributed by atoms with Crippen LogP contribution in [0.5, 0.6) is 11.6 Å². The van der Waals surface area contributed by atoms with Crippen LogP contribution in [0.15, 0.2) is 144 Å². The number of para-hydroxylation sites is 1. The van der Waals surface area contributed by atoms with Gasteiger partial charge in [-0.05, 0) is 52.4 Å². The van der Waals surface area contributed by atoms with Crippen LogP contribution in [0.4, 0.5) is 5.69 Å². The molecule has 0 aliphatic carbocycles. The van der Waals surface area contributed by atoms with Gasteiger partial charge in [0.05, 0.1) is 10.9 Å². The standard InChI is InChI=1S/C39H34N2O3S/c1-40-33(26-29-13-11-12-20-35(29)40)27-44-34-23-21-28(22-24-34)25-36-37(42)41(38(43)45-36)39(30-14-5-2-6-15-30,31-16-7-3-8-17-31)32-18-9-4-10-19-32/h2-24,33,42H,25-27H2,1H3. The lowest BCUT2D eigenvalue weighted by Gasteiger charge is -2.37. The van der Waals surface area contributed by atoms with Crippen LogP contribution in [0.3, 0.4) is 0 Å². The van der Waals surface area contributed by atoms with Crippen LogP contribution in [0.1, 0.15) is 32.7 Å². The molecule has 0 spiro atoms. The maximum atomic E-state index is 14.0. The first-order valence-electron chi connectivity index (χ1n) is 15.2. The van der Waals surface area contributed by atoms with Crippen LogP contribution in [0.2, 0.25) is 0 Å². The highest BCUT2D eigenvalue weighted by Crippen LogP contribution is 2.43. The summed E-state index contributed by atoms with van der Waals surface area (Å²) < 4.78 is 7.76. The number of rotatable bonds is 9. The molecular weight excluding hydrogens is 577 g/mol. The molecule has 7 rings (SSSR count). The van der Waals surface area contributed by atoms with Crippen molar-refractivity contribution in [1.29, 1.82) is 0 Å². The summed E-state index contributed by atoms with van der Waals surface area (Å²) >= 11 is 1.09. The second-order valence-electron chi connectivity index (χ2n) is 11.5. The summed E-state index contributed by atoms with van der Waals surface area (Å²) in [6, 6.07) is 46.6. The Morgan fingerprint density at radius 2 is 1.29 bits per heavy atom. The maximum Gasteiger partial charge on any atom is 0.311 e. The van der Waals surface area contributed by atoms with Gasteiger partial charge in [0.15, 0.2) is 0 Å². The molecule has 0 fully saturated rings. The van der Waals surface area contributed by atoms with Gasteiger partial charge < -0.3 is 14.7 Å². The van der Waals surface area contributed by atoms with Crippen molar-refractivity contribution in [3.05, 3.63) is 182 Å². The second kappa shape index (κ2) is 12.1. The summed E-state index contributed by atoms with van der Waals surface area (Å²) in [5.41, 5.74) is 5.21. The lowest BCUT2D eigenvalue weighted by atomic mass is 9.76. The molecule has 0 bridgehead atoms. The Kier molecular flexibility index (Phi) is 7.74. The highest BCUT2D eigenvalue weighted by Gasteiger charge is 2.42. The van der Waals surface area contributed by atoms with Gasteiger partial charge in [-0.25, -0.2) is 0 Å². The molecule has 0 saturated heterocycles. The van der Waals surface area contributed by atoms with Crippen molar-refractivity contribution in [3.63, 3.8) is 0 Å². The molecule has 1 aliphatic rings. The topological polar surface area (TPSA) is 54.7 Å². The Hall–Kier alpha value is -5.07. The SMILES string of the molecule is CN1c2ccccc2CC1COc1ccc(Cc2sc(=O)n(C(c3ccccc3)(c3ccccc3)c3ccccc3)c2O)cc1. The number of benzene rings is 5. The lowest BCUT2D eigenvalue weighted by Crippen LogP contribution is -2.42. The van der Waals surface area contributed by atoms with Crippen LogP contribution in [-0.2, 0) is 18.4 Å². The van der Waals surface area contributed by atoms with Gasteiger partial charge in [0, 0.05) is 19.2 Å². The minimum Gasteiger partial charge on any atom is -0.494 e. The fourth-order valence-electron chi connectivity index (χ4n) is 6.61. The average Bonchev–Trinajstić information content (AvgIpc) is 3.56. The summed E-state index contributed by atoms with van der Waals surface area (Å²) in [6.45, 7) is 0.594. The van der Waals surface area contributed by atoms with E-state index in [-0.39, 0.29) is 16.8 Å². The number of fused-ring (bicyclic) bond motifs is 1. The smallest absolute Gasteiger partial charge is 0.311 e. The number of aromatic hydroxyl groups is 1. The summed E-state index contributed by atoms with van der Waals surface area (Å²) in [7, 11) is 2.12. The van der Waals surface area contributed by atoms with Crippen LogP contribution >= 0.6 is 11.3 Å². The third-order valence-electron chi connectivity index (χ3n) is 8.87. The Balaban J connectivity index is 1.19. The Morgan fingerprint density at radius 3 is 1.84 bits per heavy atom. The second-order valence-corrected chi connectivity index (χ2v) is 12.5. The molecule has 1 aromatic heterocycles. The van der Waals surface area contributed by atoms with E-state index in [1.54, 1.807) is 4.57 Å². The van der Waals surface area contributed by atoms with E-state index >= 15 is 0 Å². The molecule has 1 N–H and O–H groups in total. The molecule has 1 atom stereocenters. The van der Waals surface area contributed by atoms with E-state index in [4.69, 9.17) is 4.74 Å². The van der Waals surface area contributed by atoms with Gasteiger partial charge in [0.25, 0.3) is 0 Å². The maximum absolute atomic E-state index is 14.0. The van der Waals surface area contributed by atoms with Crippen molar-refractivity contribution >= 4 is 17.0 Å². The number of hydrogen-bond donors (Lipinski definition) is 1. The zero-order valence-electron chi connectivity index (χ0n) is 25.0. The van der Waals surface area contributed by atoms with Gasteiger partial charge in [-0.1, -0.05) is 133 Å². The number of likely N-dealkylation sites (N-methyl/N-ethyl adjacent to an activating group) is 1. The minimum atomic E-state index is -1.07. The molecule has 1 unspecified atom stereocenters. The normalized spacial score (nSPS) is 14.3. The highest BCUT2D eigenvalue weighted by molar-refractivity contribution is 7.09. The monoisotopic (exact) mass is 610 g/mol. The van der Waals surface area contributed by atoms with Gasteiger partial charge in [-0.3, -0.25) is 9.36 Å². The summed E-state index contributed by atoms with van der Waals surface area (Å²) in [4.78, 5) is 16.7. The number of hydrogen-bond acceptors (Lipinski definition) is 5. The fourth-order valence-corrected chi connectivity index (χ4v) is 7.56. The van der Waals surface area contributed by atoms with Crippen LogP contribution in [0, 0.1) is 0 Å². The van der Waals surface area contributed by atoms with Gasteiger partial charge >= 0.3 is 4.87 Å². The molecule has 5 aromatic carbocycles. The first-order valence-corrected chi connectivity index (χ1v) is 16.0. The number of ether oxygens (including phenoxy) is 1. The lowest BCUT2D eigenvalue weighted by molar-refractivity contribution is 0.288. The third kappa shape index (κ3) is 5.21. The predicted octanol–water partition coefficient (Wildman–Crippen LogP) is 7.49. The fraction of sp³-hybridized carbons (Fsp3) is 0.154. The van der Waals surface area contributed by atoms with E-state index in [0.717, 1.165) is 45.8 Å². The van der Waals surface area contributed by atoms with E-state index in [2.05, 4.69) is 36.2 Å². The van der Waals surface area contributed by atoms with Crippen molar-refractivity contribution < 1.29 is 9.84 Å².